The molecule has 3 aliphatic heterocycles. The number of pyridine rings is 1. The summed E-state index contributed by atoms with van der Waals surface area (Å²) >= 11 is 0. The summed E-state index contributed by atoms with van der Waals surface area (Å²) in [6.07, 6.45) is 10.6. The molecule has 10 nitrogen and oxygen atoms in total. The van der Waals surface area contributed by atoms with E-state index in [1.807, 2.05) is 18.2 Å². The maximum absolute atomic E-state index is 12.9. The largest absolute Gasteiger partial charge is 0.497 e. The lowest BCUT2D eigenvalue weighted by Crippen LogP contribution is -2.65. The molecule has 9 rings (SSSR count). The minimum Gasteiger partial charge on any atom is -0.497 e. The van der Waals surface area contributed by atoms with E-state index in [0.717, 1.165) is 105 Å². The fourth-order valence-electron chi connectivity index (χ4n) is 14.4. The van der Waals surface area contributed by atoms with Crippen LogP contribution in [0.25, 0.3) is 10.9 Å². The van der Waals surface area contributed by atoms with E-state index in [1.165, 1.54) is 20.8 Å². The first-order valence-corrected chi connectivity index (χ1v) is 22.7. The third-order valence-electron chi connectivity index (χ3n) is 17.1. The molecule has 2 bridgehead atoms. The van der Waals surface area contributed by atoms with Crippen molar-refractivity contribution in [2.75, 3.05) is 20.2 Å². The molecule has 10 heteroatoms. The highest BCUT2D eigenvalue weighted by atomic mass is 16.6. The molecule has 1 N–H and O–H groups in total. The molecule has 4 aliphatic carbocycles. The lowest BCUT2D eigenvalue weighted by atomic mass is 9.43. The molecule has 4 saturated carbocycles. The number of piperidine rings is 3. The molecular weight excluding hydrogens is 745 g/mol. The van der Waals surface area contributed by atoms with Gasteiger partial charge < -0.3 is 24.1 Å². The number of ether oxygens (including phenoxy) is 4. The fourth-order valence-corrected chi connectivity index (χ4v) is 14.4. The van der Waals surface area contributed by atoms with E-state index in [-0.39, 0.29) is 52.7 Å². The van der Waals surface area contributed by atoms with Crippen LogP contribution < -0.4 is 4.74 Å². The monoisotopic (exact) mass is 812 g/mol. The van der Waals surface area contributed by atoms with Crippen molar-refractivity contribution in [3.8, 4) is 5.75 Å². The van der Waals surface area contributed by atoms with Gasteiger partial charge >= 0.3 is 17.9 Å². The number of rotatable bonds is 11. The van der Waals surface area contributed by atoms with Gasteiger partial charge in [0.05, 0.1) is 18.7 Å². The Morgan fingerprint density at radius 2 is 1.63 bits per heavy atom. The Morgan fingerprint density at radius 3 is 2.31 bits per heavy atom. The third kappa shape index (κ3) is 7.61. The molecule has 3 saturated heterocycles. The standard InChI is InChI=1S/C49H68N2O8/c1-9-31-26-51-21-18-32(31)22-43(51)45(55)37-23-33(50-42-15-12-34(56-8)24-36(37)42)11-10-27(2)38-13-14-39-44-40(17-20-48(38,39)6)49(7)19-16-35(57-28(3)52)25-41(49)46(58-29(4)53)47(44)59-30(5)54/h9,12,15,23-24,27,31-32,35,38-41,43-47,55H,1,10-11,13-14,16-22,25-26H2,2-8H3/t27-,31+,32+,35-,38-,39+,40+,41+,43-,44+,45+,46-,47+,48-,49-/m1/s1. The van der Waals surface area contributed by atoms with Gasteiger partial charge in [0.25, 0.3) is 0 Å². The molecule has 7 fully saturated rings. The first-order valence-electron chi connectivity index (χ1n) is 22.7. The Hall–Kier alpha value is -3.50. The van der Waals surface area contributed by atoms with E-state index < -0.39 is 18.3 Å². The van der Waals surface area contributed by atoms with Gasteiger partial charge in [-0.3, -0.25) is 24.3 Å². The lowest BCUT2D eigenvalue weighted by molar-refractivity contribution is -0.242. The van der Waals surface area contributed by atoms with Crippen LogP contribution >= 0.6 is 0 Å². The number of carbonyl (C=O) groups is 3. The number of aryl methyl sites for hydroxylation is 1. The zero-order valence-corrected chi connectivity index (χ0v) is 36.5. The van der Waals surface area contributed by atoms with Crippen molar-refractivity contribution in [1.29, 1.82) is 0 Å². The molecule has 16 atom stereocenters. The molecule has 0 amide bonds. The predicted molar refractivity (Wildman–Crippen MR) is 225 cm³/mol. The van der Waals surface area contributed by atoms with Crippen LogP contribution in [0.1, 0.15) is 123 Å². The summed E-state index contributed by atoms with van der Waals surface area (Å²) in [4.78, 5) is 45.4. The van der Waals surface area contributed by atoms with Gasteiger partial charge in [0.15, 0.2) is 0 Å². The number of methoxy groups -OCH3 is 1. The number of aliphatic hydroxyl groups excluding tert-OH is 1. The minimum absolute atomic E-state index is 0.0324. The molecule has 1 unspecified atom stereocenters. The average molecular weight is 813 g/mol. The predicted octanol–water partition coefficient (Wildman–Crippen LogP) is 8.42. The molecule has 4 heterocycles. The average Bonchev–Trinajstić information content (AvgIpc) is 3.57. The number of fused-ring (bicyclic) bond motifs is 9. The van der Waals surface area contributed by atoms with E-state index in [2.05, 4.69) is 44.4 Å². The van der Waals surface area contributed by atoms with E-state index in [1.54, 1.807) is 7.11 Å². The fraction of sp³-hybridized carbons (Fsp3) is 0.714. The second kappa shape index (κ2) is 16.4. The molecule has 2 aromatic rings. The summed E-state index contributed by atoms with van der Waals surface area (Å²) in [7, 11) is 1.68. The Kier molecular flexibility index (Phi) is 11.7. The van der Waals surface area contributed by atoms with Crippen molar-refractivity contribution in [1.82, 2.24) is 9.88 Å². The van der Waals surface area contributed by atoms with E-state index in [4.69, 9.17) is 23.9 Å². The molecular formula is C49H68N2O8. The number of hydrogen-bond acceptors (Lipinski definition) is 10. The molecule has 1 aromatic heterocycles. The van der Waals surface area contributed by atoms with Gasteiger partial charge in [-0.15, -0.1) is 6.58 Å². The second-order valence-electron chi connectivity index (χ2n) is 20.1. The second-order valence-corrected chi connectivity index (χ2v) is 20.1. The summed E-state index contributed by atoms with van der Waals surface area (Å²) in [6, 6.07) is 8.26. The van der Waals surface area contributed by atoms with Crippen molar-refractivity contribution in [3.63, 3.8) is 0 Å². The van der Waals surface area contributed by atoms with E-state index in [9.17, 15) is 19.5 Å². The molecule has 7 aliphatic rings. The van der Waals surface area contributed by atoms with Crippen LogP contribution in [0.2, 0.25) is 0 Å². The summed E-state index contributed by atoms with van der Waals surface area (Å²) in [5.74, 6) is 2.29. The summed E-state index contributed by atoms with van der Waals surface area (Å²) in [6.45, 7) is 17.7. The Balaban J connectivity index is 1.04. The van der Waals surface area contributed by atoms with E-state index >= 15 is 0 Å². The highest BCUT2D eigenvalue weighted by molar-refractivity contribution is 5.84. The van der Waals surface area contributed by atoms with Gasteiger partial charge in [0, 0.05) is 56.3 Å². The Morgan fingerprint density at radius 1 is 0.915 bits per heavy atom. The maximum Gasteiger partial charge on any atom is 0.303 e. The van der Waals surface area contributed by atoms with Crippen molar-refractivity contribution >= 4 is 28.8 Å². The number of aliphatic hydroxyl groups is 1. The van der Waals surface area contributed by atoms with Gasteiger partial charge in [-0.1, -0.05) is 26.8 Å². The molecule has 0 spiro atoms. The van der Waals surface area contributed by atoms with Gasteiger partial charge in [0.2, 0.25) is 0 Å². The van der Waals surface area contributed by atoms with E-state index in [0.29, 0.717) is 41.9 Å². The van der Waals surface area contributed by atoms with Crippen molar-refractivity contribution < 1.29 is 38.4 Å². The minimum atomic E-state index is -0.628. The van der Waals surface area contributed by atoms with Crippen LogP contribution in [-0.4, -0.2) is 77.5 Å². The zero-order chi connectivity index (χ0) is 42.0. The van der Waals surface area contributed by atoms with Crippen LogP contribution in [-0.2, 0) is 35.0 Å². The SMILES string of the molecule is C=C[C@H]1CN2CC[C@H]1C[C@@H]2[C@@H](O)c1cc(CC[C@@H](C)[C@H]2CC[C@H]3[C@@H]4[C@H](OC(C)=O)[C@H](OC(C)=O)[C@@H]5C[C@H](OC(C)=O)CC[C@]5(C)[C@H]4CC[C@]23C)nc2ccc(OC)cc12. The number of aromatic nitrogens is 1. The summed E-state index contributed by atoms with van der Waals surface area (Å²) in [5.41, 5.74) is 2.74. The third-order valence-corrected chi connectivity index (χ3v) is 17.1. The van der Waals surface area contributed by atoms with Gasteiger partial charge in [0.1, 0.15) is 24.1 Å². The zero-order valence-electron chi connectivity index (χ0n) is 36.5. The Bertz CT molecular complexity index is 1930. The quantitative estimate of drug-likeness (QED) is 0.134. The lowest BCUT2D eigenvalue weighted by Gasteiger charge is -2.64. The highest BCUT2D eigenvalue weighted by Crippen LogP contribution is 2.69. The van der Waals surface area contributed by atoms with Crippen LogP contribution in [0.5, 0.6) is 5.75 Å². The van der Waals surface area contributed by atoms with Gasteiger partial charge in [-0.25, -0.2) is 0 Å². The number of benzene rings is 1. The molecule has 322 valence electrons. The summed E-state index contributed by atoms with van der Waals surface area (Å²) < 4.78 is 23.9. The number of hydrogen-bond donors (Lipinski definition) is 1. The van der Waals surface area contributed by atoms with Crippen LogP contribution in [0.4, 0.5) is 0 Å². The maximum atomic E-state index is 12.9. The highest BCUT2D eigenvalue weighted by Gasteiger charge is 2.67. The van der Waals surface area contributed by atoms with Crippen molar-refractivity contribution in [2.45, 2.75) is 143 Å². The normalized spacial score (nSPS) is 39.5. The number of carbonyl (C=O) groups excluding carboxylic acids is 3. The van der Waals surface area contributed by atoms with Crippen molar-refractivity contribution in [3.05, 3.63) is 48.2 Å². The van der Waals surface area contributed by atoms with Crippen LogP contribution in [0, 0.1) is 58.2 Å². The molecule has 59 heavy (non-hydrogen) atoms. The van der Waals surface area contributed by atoms with Gasteiger partial charge in [-0.05, 0) is 153 Å². The van der Waals surface area contributed by atoms with Crippen molar-refractivity contribution in [2.24, 2.45) is 58.2 Å². The first-order chi connectivity index (χ1) is 28.1. The number of nitrogens with zero attached hydrogens (tertiary/aromatic N) is 2. The number of esters is 3. The summed E-state index contributed by atoms with van der Waals surface area (Å²) in [5, 5.41) is 13.1. The molecule has 0 radical (unpaired) electrons. The van der Waals surface area contributed by atoms with Crippen LogP contribution in [0.15, 0.2) is 36.9 Å². The molecule has 1 aromatic carbocycles. The van der Waals surface area contributed by atoms with Gasteiger partial charge in [-0.2, -0.15) is 0 Å². The topological polar surface area (TPSA) is 124 Å². The Labute approximate surface area is 351 Å². The first kappa shape index (κ1) is 42.2. The van der Waals surface area contributed by atoms with Crippen LogP contribution in [0.3, 0.4) is 0 Å². The smallest absolute Gasteiger partial charge is 0.303 e.